The first-order chi connectivity index (χ1) is 8.88. The van der Waals surface area contributed by atoms with Gasteiger partial charge in [-0.2, -0.15) is 0 Å². The highest BCUT2D eigenvalue weighted by atomic mass is 79.9. The Hall–Kier alpha value is -1.06. The first-order valence-corrected chi connectivity index (χ1v) is 10.9. The van der Waals surface area contributed by atoms with Crippen molar-refractivity contribution in [2.75, 3.05) is 0 Å². The van der Waals surface area contributed by atoms with E-state index in [0.717, 1.165) is 4.47 Å². The zero-order valence-electron chi connectivity index (χ0n) is 11.8. The maximum absolute atomic E-state index is 3.58. The molecule has 1 nitrogen and oxygen atoms in total. The lowest BCUT2D eigenvalue weighted by atomic mass is 10.1. The van der Waals surface area contributed by atoms with Crippen LogP contribution >= 0.6 is 15.9 Å². The normalized spacial score (nSPS) is 12.5. The zero-order valence-corrected chi connectivity index (χ0v) is 14.4. The Balaban J connectivity index is 2.44. The van der Waals surface area contributed by atoms with Gasteiger partial charge in [-0.1, -0.05) is 52.9 Å². The largest absolute Gasteiger partial charge is 0.344 e. The number of fused-ring (bicyclic) bond motifs is 3. The molecule has 0 atom stereocenters. The highest BCUT2D eigenvalue weighted by Crippen LogP contribution is 2.30. The van der Waals surface area contributed by atoms with Gasteiger partial charge in [0.05, 0.1) is 8.07 Å². The number of rotatable bonds is 1. The van der Waals surface area contributed by atoms with Crippen molar-refractivity contribution >= 4 is 51.0 Å². The second-order valence-corrected chi connectivity index (χ2v) is 12.2. The molecule has 3 aromatic rings. The molecule has 0 radical (unpaired) electrons. The first kappa shape index (κ1) is 12.9. The maximum atomic E-state index is 3.58. The average molecular weight is 332 g/mol. The van der Waals surface area contributed by atoms with Gasteiger partial charge in [0.2, 0.25) is 0 Å². The van der Waals surface area contributed by atoms with Crippen LogP contribution in [-0.2, 0) is 7.05 Å². The molecule has 0 spiro atoms. The van der Waals surface area contributed by atoms with Gasteiger partial charge < -0.3 is 4.57 Å². The molecule has 98 valence electrons. The summed E-state index contributed by atoms with van der Waals surface area (Å²) in [6.45, 7) is 7.19. The Morgan fingerprint density at radius 2 is 1.47 bits per heavy atom. The quantitative estimate of drug-likeness (QED) is 0.572. The number of hydrogen-bond acceptors (Lipinski definition) is 0. The van der Waals surface area contributed by atoms with E-state index in [1.54, 1.807) is 0 Å². The molecule has 0 amide bonds. The Kier molecular flexibility index (Phi) is 2.87. The lowest BCUT2D eigenvalue weighted by molar-refractivity contribution is 1.01. The van der Waals surface area contributed by atoms with Crippen molar-refractivity contribution in [3.05, 3.63) is 40.9 Å². The molecule has 19 heavy (non-hydrogen) atoms. The number of hydrogen-bond donors (Lipinski definition) is 0. The molecule has 0 bridgehead atoms. The molecule has 0 aliphatic heterocycles. The van der Waals surface area contributed by atoms with E-state index in [9.17, 15) is 0 Å². The average Bonchev–Trinajstić information content (AvgIpc) is 2.61. The summed E-state index contributed by atoms with van der Waals surface area (Å²) in [4.78, 5) is 0. The third-order valence-electron chi connectivity index (χ3n) is 3.83. The van der Waals surface area contributed by atoms with E-state index >= 15 is 0 Å². The minimum atomic E-state index is -1.26. The van der Waals surface area contributed by atoms with Gasteiger partial charge in [0, 0.05) is 33.3 Å². The predicted molar refractivity (Wildman–Crippen MR) is 91.1 cm³/mol. The van der Waals surface area contributed by atoms with Crippen molar-refractivity contribution in [1.29, 1.82) is 0 Å². The molecule has 0 aliphatic carbocycles. The van der Waals surface area contributed by atoms with E-state index in [-0.39, 0.29) is 0 Å². The fraction of sp³-hybridized carbons (Fsp3) is 0.250. The van der Waals surface area contributed by atoms with Crippen molar-refractivity contribution in [2.45, 2.75) is 19.6 Å². The summed E-state index contributed by atoms with van der Waals surface area (Å²) in [5, 5.41) is 4.23. The molecule has 0 aliphatic rings. The Morgan fingerprint density at radius 1 is 0.895 bits per heavy atom. The number of aromatic nitrogens is 1. The van der Waals surface area contributed by atoms with Crippen LogP contribution in [0, 0.1) is 0 Å². The van der Waals surface area contributed by atoms with Crippen LogP contribution < -0.4 is 5.19 Å². The van der Waals surface area contributed by atoms with Crippen molar-refractivity contribution in [3.8, 4) is 0 Å². The van der Waals surface area contributed by atoms with Crippen LogP contribution in [0.2, 0.25) is 19.6 Å². The van der Waals surface area contributed by atoms with Crippen molar-refractivity contribution in [3.63, 3.8) is 0 Å². The number of nitrogens with zero attached hydrogens (tertiary/aromatic N) is 1. The molecular formula is C16H18BrNSi. The van der Waals surface area contributed by atoms with Gasteiger partial charge in [0.15, 0.2) is 0 Å². The van der Waals surface area contributed by atoms with E-state index in [1.807, 2.05) is 0 Å². The topological polar surface area (TPSA) is 4.93 Å². The van der Waals surface area contributed by atoms with Crippen LogP contribution in [0.4, 0.5) is 0 Å². The third-order valence-corrected chi connectivity index (χ3v) is 6.37. The smallest absolute Gasteiger partial charge is 0.0776 e. The Morgan fingerprint density at radius 3 is 2.11 bits per heavy atom. The third kappa shape index (κ3) is 2.05. The van der Waals surface area contributed by atoms with Crippen LogP contribution in [0.1, 0.15) is 0 Å². The lowest BCUT2D eigenvalue weighted by Crippen LogP contribution is -2.37. The molecule has 0 unspecified atom stereocenters. The van der Waals surface area contributed by atoms with Gasteiger partial charge in [0.25, 0.3) is 0 Å². The molecule has 0 saturated carbocycles. The van der Waals surface area contributed by atoms with E-state index in [1.165, 1.54) is 27.0 Å². The maximum Gasteiger partial charge on any atom is 0.0776 e. The molecule has 0 fully saturated rings. The zero-order chi connectivity index (χ0) is 13.8. The van der Waals surface area contributed by atoms with Crippen LogP contribution in [0.5, 0.6) is 0 Å². The molecule has 1 aromatic heterocycles. The SMILES string of the molecule is Cn1c2ccc(Br)cc2c2cc([Si](C)(C)C)ccc21. The fourth-order valence-electron chi connectivity index (χ4n) is 2.66. The summed E-state index contributed by atoms with van der Waals surface area (Å²) in [6.07, 6.45) is 0. The minimum absolute atomic E-state index is 1.14. The summed E-state index contributed by atoms with van der Waals surface area (Å²) >= 11 is 3.58. The fourth-order valence-corrected chi connectivity index (χ4v) is 4.18. The lowest BCUT2D eigenvalue weighted by Gasteiger charge is -2.16. The highest BCUT2D eigenvalue weighted by Gasteiger charge is 2.18. The molecule has 3 heteroatoms. The van der Waals surface area contributed by atoms with Crippen molar-refractivity contribution in [1.82, 2.24) is 4.57 Å². The molecule has 0 saturated heterocycles. The van der Waals surface area contributed by atoms with Gasteiger partial charge >= 0.3 is 0 Å². The van der Waals surface area contributed by atoms with Gasteiger partial charge in [-0.05, 0) is 24.3 Å². The highest BCUT2D eigenvalue weighted by molar-refractivity contribution is 9.10. The summed E-state index contributed by atoms with van der Waals surface area (Å²) < 4.78 is 3.43. The standard InChI is InChI=1S/C16H18BrNSi/c1-18-15-7-5-11(17)9-13(15)14-10-12(19(2,3)4)6-8-16(14)18/h5-10H,1-4H3. The molecular weight excluding hydrogens is 314 g/mol. The second kappa shape index (κ2) is 4.22. The predicted octanol–water partition coefficient (Wildman–Crippen LogP) is 4.64. The Bertz CT molecular complexity index is 781. The molecule has 0 N–H and O–H groups in total. The summed E-state index contributed by atoms with van der Waals surface area (Å²) in [5.74, 6) is 0. The van der Waals surface area contributed by atoms with Crippen molar-refractivity contribution < 1.29 is 0 Å². The van der Waals surface area contributed by atoms with Crippen LogP contribution in [0.25, 0.3) is 21.8 Å². The number of halogens is 1. The van der Waals surface area contributed by atoms with Crippen LogP contribution in [-0.4, -0.2) is 12.6 Å². The monoisotopic (exact) mass is 331 g/mol. The number of benzene rings is 2. The first-order valence-electron chi connectivity index (χ1n) is 6.56. The van der Waals surface area contributed by atoms with E-state index in [0.29, 0.717) is 0 Å². The van der Waals surface area contributed by atoms with Gasteiger partial charge in [-0.25, -0.2) is 0 Å². The van der Waals surface area contributed by atoms with E-state index in [2.05, 4.69) is 83.6 Å². The summed E-state index contributed by atoms with van der Waals surface area (Å²) in [6, 6.07) is 13.5. The van der Waals surface area contributed by atoms with Gasteiger partial charge in [0.1, 0.15) is 0 Å². The van der Waals surface area contributed by atoms with Crippen LogP contribution in [0.3, 0.4) is 0 Å². The summed E-state index contributed by atoms with van der Waals surface area (Å²) in [7, 11) is 0.882. The molecule has 1 heterocycles. The van der Waals surface area contributed by atoms with Crippen LogP contribution in [0.15, 0.2) is 40.9 Å². The van der Waals surface area contributed by atoms with E-state index < -0.39 is 8.07 Å². The number of aryl methyl sites for hydroxylation is 1. The Labute approximate surface area is 123 Å². The van der Waals surface area contributed by atoms with Gasteiger partial charge in [-0.3, -0.25) is 0 Å². The summed E-state index contributed by atoms with van der Waals surface area (Å²) in [5.41, 5.74) is 2.61. The molecule has 2 aromatic carbocycles. The minimum Gasteiger partial charge on any atom is -0.344 e. The molecule has 3 rings (SSSR count). The second-order valence-electron chi connectivity index (χ2n) is 6.20. The van der Waals surface area contributed by atoms with Gasteiger partial charge in [-0.15, -0.1) is 0 Å². The van der Waals surface area contributed by atoms with E-state index in [4.69, 9.17) is 0 Å². The van der Waals surface area contributed by atoms with Crippen molar-refractivity contribution in [2.24, 2.45) is 7.05 Å².